The average molecular weight is 332 g/mol. The second-order valence-corrected chi connectivity index (χ2v) is 8.71. The normalized spacial score (nSPS) is 11.6. The molecule has 0 unspecified atom stereocenters. The Labute approximate surface area is 125 Å². The first-order chi connectivity index (χ1) is 8.88. The molecule has 0 aliphatic heterocycles. The summed E-state index contributed by atoms with van der Waals surface area (Å²) in [6.07, 6.45) is 0. The standard InChI is InChI=1S/C11H12N2O2S4/c1-7-2-3-8(17-7)6-13-19(14,15)10-5-4-9(18-10)11(12)16/h2-5,13H,6H2,1H3,(H2,12,16). The van der Waals surface area contributed by atoms with E-state index in [2.05, 4.69) is 4.72 Å². The first kappa shape index (κ1) is 14.6. The minimum atomic E-state index is -3.50. The molecule has 2 heterocycles. The largest absolute Gasteiger partial charge is 0.389 e. The maximum Gasteiger partial charge on any atom is 0.250 e. The van der Waals surface area contributed by atoms with E-state index in [4.69, 9.17) is 18.0 Å². The van der Waals surface area contributed by atoms with Gasteiger partial charge in [-0.3, -0.25) is 0 Å². The van der Waals surface area contributed by atoms with Crippen LogP contribution in [0.5, 0.6) is 0 Å². The summed E-state index contributed by atoms with van der Waals surface area (Å²) in [6, 6.07) is 7.01. The lowest BCUT2D eigenvalue weighted by molar-refractivity contribution is 0.584. The third-order valence-corrected chi connectivity index (χ3v) is 6.68. The minimum absolute atomic E-state index is 0.209. The number of nitrogens with one attached hydrogen (secondary N) is 1. The van der Waals surface area contributed by atoms with Crippen LogP contribution in [-0.2, 0) is 16.6 Å². The van der Waals surface area contributed by atoms with E-state index in [0.29, 0.717) is 11.4 Å². The van der Waals surface area contributed by atoms with Crippen molar-refractivity contribution < 1.29 is 8.42 Å². The number of hydrogen-bond donors (Lipinski definition) is 2. The van der Waals surface area contributed by atoms with Crippen LogP contribution < -0.4 is 10.5 Å². The Kier molecular flexibility index (Phi) is 4.36. The summed E-state index contributed by atoms with van der Waals surface area (Å²) in [4.78, 5) is 2.94. The van der Waals surface area contributed by atoms with Crippen molar-refractivity contribution in [3.63, 3.8) is 0 Å². The first-order valence-electron chi connectivity index (χ1n) is 5.33. The highest BCUT2D eigenvalue weighted by Gasteiger charge is 2.17. The molecular weight excluding hydrogens is 320 g/mol. The lowest BCUT2D eigenvalue weighted by Crippen LogP contribution is -2.21. The van der Waals surface area contributed by atoms with Crippen molar-refractivity contribution >= 4 is 49.9 Å². The van der Waals surface area contributed by atoms with Gasteiger partial charge in [-0.25, -0.2) is 13.1 Å². The van der Waals surface area contributed by atoms with Gasteiger partial charge in [0.1, 0.15) is 9.20 Å². The minimum Gasteiger partial charge on any atom is -0.389 e. The Bertz CT molecular complexity index is 700. The fraction of sp³-hybridized carbons (Fsp3) is 0.182. The van der Waals surface area contributed by atoms with Gasteiger partial charge in [0, 0.05) is 16.3 Å². The fourth-order valence-corrected chi connectivity index (χ4v) is 4.74. The van der Waals surface area contributed by atoms with Crippen LogP contribution in [0.1, 0.15) is 14.6 Å². The van der Waals surface area contributed by atoms with Gasteiger partial charge in [-0.05, 0) is 31.2 Å². The molecule has 2 aromatic rings. The lowest BCUT2D eigenvalue weighted by atomic mass is 10.4. The molecule has 19 heavy (non-hydrogen) atoms. The third-order valence-electron chi connectivity index (χ3n) is 2.32. The van der Waals surface area contributed by atoms with Gasteiger partial charge in [-0.1, -0.05) is 12.2 Å². The van der Waals surface area contributed by atoms with Crippen LogP contribution in [0, 0.1) is 6.92 Å². The number of sulfonamides is 1. The Morgan fingerprint density at radius 2 is 2.05 bits per heavy atom. The predicted molar refractivity (Wildman–Crippen MR) is 83.3 cm³/mol. The molecule has 0 atom stereocenters. The summed E-state index contributed by atoms with van der Waals surface area (Å²) < 4.78 is 26.9. The molecule has 4 nitrogen and oxygen atoms in total. The van der Waals surface area contributed by atoms with Crippen molar-refractivity contribution in [1.82, 2.24) is 4.72 Å². The summed E-state index contributed by atoms with van der Waals surface area (Å²) in [5, 5.41) is 0. The summed E-state index contributed by atoms with van der Waals surface area (Å²) in [7, 11) is -3.50. The van der Waals surface area contributed by atoms with Gasteiger partial charge in [0.05, 0.1) is 4.88 Å². The molecule has 0 fully saturated rings. The summed E-state index contributed by atoms with van der Waals surface area (Å²) >= 11 is 7.46. The van der Waals surface area contributed by atoms with E-state index < -0.39 is 10.0 Å². The zero-order chi connectivity index (χ0) is 14.0. The van der Waals surface area contributed by atoms with Crippen LogP contribution in [0.2, 0.25) is 0 Å². The Hall–Kier alpha value is -0.800. The van der Waals surface area contributed by atoms with Crippen LogP contribution in [0.4, 0.5) is 0 Å². The van der Waals surface area contributed by atoms with E-state index in [1.165, 1.54) is 6.07 Å². The van der Waals surface area contributed by atoms with Crippen LogP contribution in [0.3, 0.4) is 0 Å². The van der Waals surface area contributed by atoms with Crippen molar-refractivity contribution in [3.8, 4) is 0 Å². The number of thiocarbonyl (C=S) groups is 1. The molecule has 0 saturated carbocycles. The smallest absolute Gasteiger partial charge is 0.250 e. The number of rotatable bonds is 5. The molecule has 0 radical (unpaired) electrons. The monoisotopic (exact) mass is 332 g/mol. The van der Waals surface area contributed by atoms with Crippen LogP contribution in [0.25, 0.3) is 0 Å². The Morgan fingerprint density at radius 1 is 1.32 bits per heavy atom. The molecule has 102 valence electrons. The number of aryl methyl sites for hydroxylation is 1. The summed E-state index contributed by atoms with van der Waals surface area (Å²) in [5.74, 6) is 0. The van der Waals surface area contributed by atoms with E-state index >= 15 is 0 Å². The quantitative estimate of drug-likeness (QED) is 0.824. The molecule has 2 aromatic heterocycles. The summed E-state index contributed by atoms with van der Waals surface area (Å²) in [6.45, 7) is 2.28. The Morgan fingerprint density at radius 3 is 2.58 bits per heavy atom. The molecule has 0 spiro atoms. The van der Waals surface area contributed by atoms with E-state index in [1.54, 1.807) is 17.4 Å². The van der Waals surface area contributed by atoms with E-state index in [0.717, 1.165) is 21.1 Å². The summed E-state index contributed by atoms with van der Waals surface area (Å²) in [5.41, 5.74) is 5.47. The highest BCUT2D eigenvalue weighted by atomic mass is 32.2. The molecule has 0 aromatic carbocycles. The van der Waals surface area contributed by atoms with Crippen molar-refractivity contribution in [2.24, 2.45) is 5.73 Å². The second kappa shape index (κ2) is 5.68. The van der Waals surface area contributed by atoms with Crippen molar-refractivity contribution in [1.29, 1.82) is 0 Å². The SMILES string of the molecule is Cc1ccc(CNS(=O)(=O)c2ccc(C(N)=S)s2)s1. The molecule has 8 heteroatoms. The van der Waals surface area contributed by atoms with Gasteiger partial charge in [-0.15, -0.1) is 22.7 Å². The van der Waals surface area contributed by atoms with E-state index in [1.807, 2.05) is 19.1 Å². The van der Waals surface area contributed by atoms with Gasteiger partial charge in [0.25, 0.3) is 0 Å². The second-order valence-electron chi connectivity index (χ2n) is 3.82. The van der Waals surface area contributed by atoms with Crippen molar-refractivity contribution in [3.05, 3.63) is 38.9 Å². The molecule has 0 saturated heterocycles. The number of thiophene rings is 2. The lowest BCUT2D eigenvalue weighted by Gasteiger charge is -2.02. The van der Waals surface area contributed by atoms with Crippen molar-refractivity contribution in [2.75, 3.05) is 0 Å². The van der Waals surface area contributed by atoms with Gasteiger partial charge < -0.3 is 5.73 Å². The molecule has 0 amide bonds. The first-order valence-corrected chi connectivity index (χ1v) is 8.85. The van der Waals surface area contributed by atoms with E-state index in [-0.39, 0.29) is 9.20 Å². The number of nitrogens with two attached hydrogens (primary N) is 1. The fourth-order valence-electron chi connectivity index (χ4n) is 1.41. The molecule has 0 bridgehead atoms. The van der Waals surface area contributed by atoms with Gasteiger partial charge >= 0.3 is 0 Å². The van der Waals surface area contributed by atoms with Crippen LogP contribution >= 0.6 is 34.9 Å². The zero-order valence-electron chi connectivity index (χ0n) is 10.0. The van der Waals surface area contributed by atoms with Gasteiger partial charge in [0.15, 0.2) is 0 Å². The molecule has 2 rings (SSSR count). The van der Waals surface area contributed by atoms with E-state index in [9.17, 15) is 8.42 Å². The van der Waals surface area contributed by atoms with Gasteiger partial charge in [-0.2, -0.15) is 0 Å². The third kappa shape index (κ3) is 3.61. The maximum atomic E-state index is 12.1. The molecular formula is C11H12N2O2S4. The zero-order valence-corrected chi connectivity index (χ0v) is 13.3. The van der Waals surface area contributed by atoms with Crippen LogP contribution in [0.15, 0.2) is 28.5 Å². The van der Waals surface area contributed by atoms with Crippen molar-refractivity contribution in [2.45, 2.75) is 17.7 Å². The molecule has 3 N–H and O–H groups in total. The molecule has 0 aliphatic rings. The Balaban J connectivity index is 2.11. The topological polar surface area (TPSA) is 72.2 Å². The van der Waals surface area contributed by atoms with Gasteiger partial charge in [0.2, 0.25) is 10.0 Å². The maximum absolute atomic E-state index is 12.1. The predicted octanol–water partition coefficient (Wildman–Crippen LogP) is 2.23. The average Bonchev–Trinajstić information content (AvgIpc) is 2.95. The highest BCUT2D eigenvalue weighted by Crippen LogP contribution is 2.22. The number of hydrogen-bond acceptors (Lipinski definition) is 5. The molecule has 0 aliphatic carbocycles. The highest BCUT2D eigenvalue weighted by molar-refractivity contribution is 7.91. The van der Waals surface area contributed by atoms with Crippen LogP contribution in [-0.4, -0.2) is 13.4 Å².